The third kappa shape index (κ3) is 10.5. The van der Waals surface area contributed by atoms with E-state index in [4.69, 9.17) is 18.9 Å². The van der Waals surface area contributed by atoms with Crippen molar-refractivity contribution in [2.45, 2.75) is 84.0 Å². The zero-order valence-corrected chi connectivity index (χ0v) is 29.7. The van der Waals surface area contributed by atoms with Crippen LogP contribution in [0.25, 0.3) is 0 Å². The first-order chi connectivity index (χ1) is 22.0. The van der Waals surface area contributed by atoms with E-state index in [1.54, 1.807) is 48.5 Å². The Morgan fingerprint density at radius 1 is 0.783 bits per heavy atom. The fourth-order valence-electron chi connectivity index (χ4n) is 6.76. The number of rotatable bonds is 13. The number of ether oxygens (including phenoxy) is 4. The van der Waals surface area contributed by atoms with Crippen LogP contribution in [0.3, 0.4) is 0 Å². The van der Waals surface area contributed by atoms with Gasteiger partial charge in [0.25, 0.3) is 0 Å². The number of fused-ring (bicyclic) bond motifs is 1. The molecule has 0 aliphatic heterocycles. The van der Waals surface area contributed by atoms with Crippen LogP contribution in [0.15, 0.2) is 69.6 Å². The smallest absolute Gasteiger partial charge is 0.338 e. The first-order valence-electron chi connectivity index (χ1n) is 15.9. The maximum Gasteiger partial charge on any atom is 0.338 e. The Bertz CT molecular complexity index is 1370. The quantitative estimate of drug-likeness (QED) is 0.114. The van der Waals surface area contributed by atoms with Crippen LogP contribution in [0, 0.1) is 23.7 Å². The van der Waals surface area contributed by atoms with E-state index in [0.717, 1.165) is 34.6 Å². The zero-order chi connectivity index (χ0) is 33.2. The summed E-state index contributed by atoms with van der Waals surface area (Å²) in [5.74, 6) is -0.654. The predicted molar refractivity (Wildman–Crippen MR) is 180 cm³/mol. The molecule has 0 N–H and O–H groups in total. The van der Waals surface area contributed by atoms with E-state index in [1.165, 1.54) is 13.8 Å². The van der Waals surface area contributed by atoms with Crippen molar-refractivity contribution in [1.82, 2.24) is 0 Å². The van der Waals surface area contributed by atoms with Gasteiger partial charge in [-0.2, -0.15) is 0 Å². The summed E-state index contributed by atoms with van der Waals surface area (Å²) < 4.78 is 24.7. The standard InChI is InChI=1S/C36H42Br2O8/c1-22-7-8-25-5-4-6-33(45-24(3)40)34(25)32(22)18-17-30(44-23(2)39)21-31(46-36(42)27-11-15-29(38)16-12-27)19-20-43-35(41)26-9-13-28(37)14-10-26/h7-16,22,25,30-34H,4-6,17-21H2,1-3H3/t22-,25+,30-,31+,32-,33-,34-/m0/s1. The van der Waals surface area contributed by atoms with Gasteiger partial charge in [0, 0.05) is 41.6 Å². The van der Waals surface area contributed by atoms with Gasteiger partial charge in [-0.25, -0.2) is 9.59 Å². The van der Waals surface area contributed by atoms with Gasteiger partial charge >= 0.3 is 23.9 Å². The van der Waals surface area contributed by atoms with Crippen molar-refractivity contribution >= 4 is 55.7 Å². The van der Waals surface area contributed by atoms with Crippen molar-refractivity contribution in [2.75, 3.05) is 6.61 Å². The van der Waals surface area contributed by atoms with E-state index in [9.17, 15) is 19.2 Å². The summed E-state index contributed by atoms with van der Waals surface area (Å²) in [5, 5.41) is 0. The first-order valence-corrected chi connectivity index (χ1v) is 17.5. The minimum atomic E-state index is -0.682. The second-order valence-corrected chi connectivity index (χ2v) is 14.1. The molecule has 0 radical (unpaired) electrons. The van der Waals surface area contributed by atoms with Gasteiger partial charge in [-0.15, -0.1) is 0 Å². The normalized spacial score (nSPS) is 23.4. The van der Waals surface area contributed by atoms with Crippen LogP contribution in [0.4, 0.5) is 0 Å². The van der Waals surface area contributed by atoms with Gasteiger partial charge < -0.3 is 18.9 Å². The number of hydrogen-bond donors (Lipinski definition) is 0. The molecule has 0 heterocycles. The summed E-state index contributed by atoms with van der Waals surface area (Å²) in [5.41, 5.74) is 0.792. The van der Waals surface area contributed by atoms with Crippen LogP contribution in [-0.4, -0.2) is 48.8 Å². The van der Waals surface area contributed by atoms with E-state index in [-0.39, 0.29) is 49.3 Å². The summed E-state index contributed by atoms with van der Waals surface area (Å²) in [6, 6.07) is 13.7. The maximum atomic E-state index is 13.1. The summed E-state index contributed by atoms with van der Waals surface area (Å²) >= 11 is 6.74. The minimum absolute atomic E-state index is 0.0121. The second-order valence-electron chi connectivity index (χ2n) is 12.2. The summed E-state index contributed by atoms with van der Waals surface area (Å²) in [6.07, 6.45) is 7.86. The van der Waals surface area contributed by atoms with E-state index < -0.39 is 30.1 Å². The molecule has 2 aliphatic rings. The molecule has 1 fully saturated rings. The molecule has 0 spiro atoms. The maximum absolute atomic E-state index is 13.1. The van der Waals surface area contributed by atoms with Crippen molar-refractivity contribution < 1.29 is 38.1 Å². The highest BCUT2D eigenvalue weighted by molar-refractivity contribution is 9.10. The fourth-order valence-corrected chi connectivity index (χ4v) is 7.29. The second kappa shape index (κ2) is 17.3. The van der Waals surface area contributed by atoms with Crippen LogP contribution in [0.5, 0.6) is 0 Å². The highest BCUT2D eigenvalue weighted by Crippen LogP contribution is 2.46. The number of halogens is 2. The lowest BCUT2D eigenvalue weighted by Crippen LogP contribution is -2.43. The number of carbonyl (C=O) groups excluding carboxylic acids is 4. The number of benzene rings is 2. The molecule has 248 valence electrons. The molecular weight excluding hydrogens is 720 g/mol. The number of hydrogen-bond acceptors (Lipinski definition) is 8. The fraction of sp³-hybridized carbons (Fsp3) is 0.500. The third-order valence-corrected chi connectivity index (χ3v) is 9.94. The van der Waals surface area contributed by atoms with E-state index >= 15 is 0 Å². The molecule has 2 aliphatic carbocycles. The van der Waals surface area contributed by atoms with Crippen LogP contribution in [-0.2, 0) is 28.5 Å². The molecule has 0 aromatic heterocycles. The van der Waals surface area contributed by atoms with Crippen molar-refractivity contribution in [3.8, 4) is 0 Å². The van der Waals surface area contributed by atoms with Crippen molar-refractivity contribution in [2.24, 2.45) is 23.7 Å². The predicted octanol–water partition coefficient (Wildman–Crippen LogP) is 8.26. The average Bonchev–Trinajstić information content (AvgIpc) is 3.00. The largest absolute Gasteiger partial charge is 0.462 e. The molecule has 10 heteroatoms. The molecule has 0 amide bonds. The molecule has 4 rings (SSSR count). The molecule has 8 nitrogen and oxygen atoms in total. The minimum Gasteiger partial charge on any atom is -0.462 e. The van der Waals surface area contributed by atoms with Gasteiger partial charge in [-0.3, -0.25) is 9.59 Å². The average molecular weight is 763 g/mol. The molecule has 2 aromatic rings. The number of carbonyl (C=O) groups is 4. The lowest BCUT2D eigenvalue weighted by Gasteiger charge is -2.45. The summed E-state index contributed by atoms with van der Waals surface area (Å²) in [7, 11) is 0. The highest BCUT2D eigenvalue weighted by Gasteiger charge is 2.43. The van der Waals surface area contributed by atoms with Crippen LogP contribution >= 0.6 is 31.9 Å². The lowest BCUT2D eigenvalue weighted by atomic mass is 9.62. The summed E-state index contributed by atoms with van der Waals surface area (Å²) in [4.78, 5) is 50.0. The molecule has 46 heavy (non-hydrogen) atoms. The Kier molecular flexibility index (Phi) is 13.5. The van der Waals surface area contributed by atoms with Gasteiger partial charge in [0.2, 0.25) is 0 Å². The van der Waals surface area contributed by atoms with Gasteiger partial charge in [0.15, 0.2) is 0 Å². The summed E-state index contributed by atoms with van der Waals surface area (Å²) in [6.45, 7) is 5.03. The van der Waals surface area contributed by atoms with Crippen LogP contribution < -0.4 is 0 Å². The molecule has 0 unspecified atom stereocenters. The third-order valence-electron chi connectivity index (χ3n) is 8.89. The topological polar surface area (TPSA) is 105 Å². The molecule has 7 atom stereocenters. The van der Waals surface area contributed by atoms with Crippen molar-refractivity contribution in [3.05, 3.63) is 80.8 Å². The Hall–Kier alpha value is -2.98. The highest BCUT2D eigenvalue weighted by atomic mass is 79.9. The van der Waals surface area contributed by atoms with E-state index in [0.29, 0.717) is 23.5 Å². The molecule has 0 bridgehead atoms. The SMILES string of the molecule is CC(=O)O[C@@H](CC[C@@H]1[C@H]2[C@@H](OC(C)=O)CCC[C@@H]2C=C[C@@H]1C)C[C@@H](CCOC(=O)c1ccc(Br)cc1)OC(=O)c1ccc(Br)cc1. The number of esters is 4. The van der Waals surface area contributed by atoms with Gasteiger partial charge in [0.05, 0.1) is 17.7 Å². The van der Waals surface area contributed by atoms with Crippen molar-refractivity contribution in [3.63, 3.8) is 0 Å². The molecular formula is C36H42Br2O8. The monoisotopic (exact) mass is 760 g/mol. The van der Waals surface area contributed by atoms with Crippen LogP contribution in [0.1, 0.15) is 86.4 Å². The Labute approximate surface area is 287 Å². The van der Waals surface area contributed by atoms with E-state index in [1.807, 2.05) is 0 Å². The Morgan fingerprint density at radius 3 is 2.00 bits per heavy atom. The zero-order valence-electron chi connectivity index (χ0n) is 26.5. The Balaban J connectivity index is 1.47. The molecule has 2 aromatic carbocycles. The van der Waals surface area contributed by atoms with Gasteiger partial charge in [-0.05, 0) is 98.4 Å². The van der Waals surface area contributed by atoms with Crippen molar-refractivity contribution in [1.29, 1.82) is 0 Å². The lowest BCUT2D eigenvalue weighted by molar-refractivity contribution is -0.156. The number of allylic oxidation sites excluding steroid dienone is 2. The molecule has 0 saturated heterocycles. The molecule has 1 saturated carbocycles. The van der Waals surface area contributed by atoms with E-state index in [2.05, 4.69) is 50.9 Å². The van der Waals surface area contributed by atoms with Crippen LogP contribution in [0.2, 0.25) is 0 Å². The first kappa shape index (κ1) is 35.9. The van der Waals surface area contributed by atoms with Gasteiger partial charge in [0.1, 0.15) is 18.3 Å². The van der Waals surface area contributed by atoms with Gasteiger partial charge in [-0.1, -0.05) is 50.9 Å². The Morgan fingerprint density at radius 2 is 1.39 bits per heavy atom.